The third-order valence-corrected chi connectivity index (χ3v) is 4.69. The maximum absolute atomic E-state index is 11.0. The highest BCUT2D eigenvalue weighted by atomic mass is 16.5. The topological polar surface area (TPSA) is 117 Å². The molecule has 3 heterocycles. The molecular formula is C21H21N5O4. The van der Waals surface area contributed by atoms with Gasteiger partial charge >= 0.3 is 0 Å². The molecule has 0 atom stereocenters. The van der Waals surface area contributed by atoms with Crippen LogP contribution in [0.3, 0.4) is 0 Å². The number of β-amino-alcohol motifs (C(OH)–C–C–N with tert-alkyl or cyclic N) is 1. The zero-order chi connectivity index (χ0) is 21.3. The van der Waals surface area contributed by atoms with Gasteiger partial charge in [0.15, 0.2) is 5.82 Å². The maximum Gasteiger partial charge on any atom is 0.159 e. The molecule has 2 aromatic heterocycles. The van der Waals surface area contributed by atoms with Gasteiger partial charge in [0, 0.05) is 37.0 Å². The van der Waals surface area contributed by atoms with E-state index in [9.17, 15) is 15.3 Å². The van der Waals surface area contributed by atoms with Gasteiger partial charge in [-0.15, -0.1) is 0 Å². The molecule has 0 aliphatic carbocycles. The number of phenols is 1. The highest BCUT2D eigenvalue weighted by Crippen LogP contribution is 2.34. The fourth-order valence-electron chi connectivity index (χ4n) is 3.28. The number of fused-ring (bicyclic) bond motifs is 1. The summed E-state index contributed by atoms with van der Waals surface area (Å²) in [6, 6.07) is 4.49. The number of hydrogen-bond donors (Lipinski definition) is 3. The number of aliphatic hydroxyl groups excluding tert-OH is 2. The van der Waals surface area contributed by atoms with Crippen LogP contribution in [0.5, 0.6) is 11.5 Å². The van der Waals surface area contributed by atoms with Crippen LogP contribution in [0.25, 0.3) is 23.1 Å². The number of hydrogen-bond acceptors (Lipinski definition) is 8. The molecule has 154 valence electrons. The van der Waals surface area contributed by atoms with Crippen LogP contribution >= 0.6 is 0 Å². The van der Waals surface area contributed by atoms with E-state index in [4.69, 9.17) is 9.72 Å². The lowest BCUT2D eigenvalue weighted by Crippen LogP contribution is -2.30. The maximum atomic E-state index is 11.0. The second kappa shape index (κ2) is 7.88. The summed E-state index contributed by atoms with van der Waals surface area (Å²) in [5.74, 6) is 0.781. The summed E-state index contributed by atoms with van der Waals surface area (Å²) in [5.41, 5.74) is 2.83. The summed E-state index contributed by atoms with van der Waals surface area (Å²) in [6.45, 7) is 0.0318. The molecule has 0 saturated carbocycles. The number of allylic oxidation sites excluding steroid dienone is 1. The molecule has 1 aliphatic rings. The molecule has 9 nitrogen and oxygen atoms in total. The molecule has 1 aliphatic heterocycles. The standard InChI is InChI=1S/C21H21N5O4/c1-25-12-14(10-23-25)18-11-22-17-3-4-19(26(5-6-27)21(17)24-18)20(29)13-7-15(28)9-16(8-13)30-2/h3-4,7-12,27-29H,5-6H2,1-2H3/b20-19+. The fraction of sp³-hybridized carbons (Fsp3) is 0.190. The van der Waals surface area contributed by atoms with Crippen molar-refractivity contribution in [1.29, 1.82) is 0 Å². The Morgan fingerprint density at radius 2 is 2.00 bits per heavy atom. The van der Waals surface area contributed by atoms with Crippen LogP contribution < -0.4 is 9.64 Å². The van der Waals surface area contributed by atoms with Crippen molar-refractivity contribution in [3.63, 3.8) is 0 Å². The van der Waals surface area contributed by atoms with E-state index in [1.165, 1.54) is 19.2 Å². The van der Waals surface area contributed by atoms with E-state index in [0.29, 0.717) is 34.2 Å². The third-order valence-electron chi connectivity index (χ3n) is 4.69. The van der Waals surface area contributed by atoms with Crippen molar-refractivity contribution >= 4 is 17.7 Å². The molecule has 0 spiro atoms. The minimum absolute atomic E-state index is 0.0379. The third kappa shape index (κ3) is 3.58. The van der Waals surface area contributed by atoms with Crippen LogP contribution in [0.15, 0.2) is 48.6 Å². The Hall–Kier alpha value is -3.85. The van der Waals surface area contributed by atoms with Crippen LogP contribution in [0, 0.1) is 0 Å². The number of anilines is 1. The van der Waals surface area contributed by atoms with Crippen molar-refractivity contribution in [3.8, 4) is 22.8 Å². The summed E-state index contributed by atoms with van der Waals surface area (Å²) in [7, 11) is 3.30. The van der Waals surface area contributed by atoms with Gasteiger partial charge in [0.25, 0.3) is 0 Å². The number of ether oxygens (including phenoxy) is 1. The van der Waals surface area contributed by atoms with Gasteiger partial charge in [0.05, 0.1) is 37.5 Å². The fourth-order valence-corrected chi connectivity index (χ4v) is 3.28. The number of aromatic hydroxyl groups is 1. The summed E-state index contributed by atoms with van der Waals surface area (Å²) >= 11 is 0. The highest BCUT2D eigenvalue weighted by Gasteiger charge is 2.24. The predicted molar refractivity (Wildman–Crippen MR) is 112 cm³/mol. The first-order valence-corrected chi connectivity index (χ1v) is 9.24. The lowest BCUT2D eigenvalue weighted by Gasteiger charge is -2.29. The van der Waals surface area contributed by atoms with E-state index in [-0.39, 0.29) is 24.7 Å². The Bertz CT molecular complexity index is 1150. The van der Waals surface area contributed by atoms with Crippen LogP contribution in [0.2, 0.25) is 0 Å². The largest absolute Gasteiger partial charge is 0.508 e. The van der Waals surface area contributed by atoms with E-state index in [1.807, 2.05) is 13.2 Å². The molecule has 3 aromatic rings. The molecule has 30 heavy (non-hydrogen) atoms. The molecule has 9 heteroatoms. The summed E-state index contributed by atoms with van der Waals surface area (Å²) in [5, 5.41) is 34.7. The SMILES string of the molecule is COc1cc(O)cc(/C(O)=C2/C=Cc3ncc(-c4cnn(C)c4)nc3N2CCO)c1. The number of methoxy groups -OCH3 is 1. The average Bonchev–Trinajstić information content (AvgIpc) is 3.19. The first-order chi connectivity index (χ1) is 14.5. The minimum atomic E-state index is -0.160. The second-order valence-electron chi connectivity index (χ2n) is 6.73. The number of aromatic nitrogens is 4. The summed E-state index contributed by atoms with van der Waals surface area (Å²) < 4.78 is 6.85. The Balaban J connectivity index is 1.83. The number of aliphatic hydroxyl groups is 2. The van der Waals surface area contributed by atoms with Crippen LogP contribution in [0.4, 0.5) is 5.82 Å². The van der Waals surface area contributed by atoms with Crippen LogP contribution in [0.1, 0.15) is 11.3 Å². The Labute approximate surface area is 172 Å². The van der Waals surface area contributed by atoms with E-state index >= 15 is 0 Å². The van der Waals surface area contributed by atoms with Crippen molar-refractivity contribution in [2.75, 3.05) is 25.2 Å². The number of rotatable bonds is 5. The molecular weight excluding hydrogens is 386 g/mol. The summed E-state index contributed by atoms with van der Waals surface area (Å²) in [6.07, 6.45) is 8.63. The molecule has 1 aromatic carbocycles. The van der Waals surface area contributed by atoms with Crippen molar-refractivity contribution in [2.24, 2.45) is 7.05 Å². The number of nitrogens with zero attached hydrogens (tertiary/aromatic N) is 5. The molecule has 0 radical (unpaired) electrons. The van der Waals surface area contributed by atoms with Crippen LogP contribution in [-0.2, 0) is 7.05 Å². The molecule has 3 N–H and O–H groups in total. The van der Waals surface area contributed by atoms with E-state index in [1.54, 1.807) is 40.2 Å². The van der Waals surface area contributed by atoms with E-state index < -0.39 is 0 Å². The molecule has 0 fully saturated rings. The second-order valence-corrected chi connectivity index (χ2v) is 6.73. The van der Waals surface area contributed by atoms with E-state index in [0.717, 1.165) is 5.56 Å². The quantitative estimate of drug-likeness (QED) is 0.552. The van der Waals surface area contributed by atoms with Crippen molar-refractivity contribution in [2.45, 2.75) is 0 Å². The zero-order valence-corrected chi connectivity index (χ0v) is 16.5. The van der Waals surface area contributed by atoms with Gasteiger partial charge in [-0.3, -0.25) is 9.67 Å². The van der Waals surface area contributed by atoms with Gasteiger partial charge < -0.3 is 25.0 Å². The number of benzene rings is 1. The van der Waals surface area contributed by atoms with Gasteiger partial charge in [-0.2, -0.15) is 5.10 Å². The molecule has 0 bridgehead atoms. The number of aryl methyl sites for hydroxylation is 1. The Kier molecular flexibility index (Phi) is 5.11. The summed E-state index contributed by atoms with van der Waals surface area (Å²) in [4.78, 5) is 10.9. The predicted octanol–water partition coefficient (Wildman–Crippen LogP) is 2.34. The lowest BCUT2D eigenvalue weighted by atomic mass is 10.1. The van der Waals surface area contributed by atoms with Gasteiger partial charge in [-0.25, -0.2) is 4.98 Å². The molecule has 0 unspecified atom stereocenters. The minimum Gasteiger partial charge on any atom is -0.508 e. The molecule has 0 amide bonds. The first-order valence-electron chi connectivity index (χ1n) is 9.24. The molecule has 4 rings (SSSR count). The van der Waals surface area contributed by atoms with Crippen molar-refractivity contribution in [3.05, 3.63) is 59.8 Å². The van der Waals surface area contributed by atoms with Gasteiger partial charge in [0.2, 0.25) is 0 Å². The lowest BCUT2D eigenvalue weighted by molar-refractivity contribution is 0.304. The Morgan fingerprint density at radius 1 is 1.17 bits per heavy atom. The highest BCUT2D eigenvalue weighted by molar-refractivity contribution is 5.80. The zero-order valence-electron chi connectivity index (χ0n) is 16.5. The number of phenolic OH excluding ortho intramolecular Hbond substituents is 1. The van der Waals surface area contributed by atoms with E-state index in [2.05, 4.69) is 10.1 Å². The van der Waals surface area contributed by atoms with Crippen molar-refractivity contribution in [1.82, 2.24) is 19.7 Å². The monoisotopic (exact) mass is 407 g/mol. The van der Waals surface area contributed by atoms with Crippen LogP contribution in [-0.4, -0.2) is 55.3 Å². The normalized spacial score (nSPS) is 14.6. The smallest absolute Gasteiger partial charge is 0.159 e. The van der Waals surface area contributed by atoms with Gasteiger partial charge in [0.1, 0.15) is 23.0 Å². The average molecular weight is 407 g/mol. The van der Waals surface area contributed by atoms with Crippen molar-refractivity contribution < 1.29 is 20.1 Å². The van der Waals surface area contributed by atoms with Gasteiger partial charge in [-0.05, 0) is 24.3 Å². The van der Waals surface area contributed by atoms with Gasteiger partial charge in [-0.1, -0.05) is 0 Å². The Morgan fingerprint density at radius 3 is 2.70 bits per heavy atom. The first kappa shape index (κ1) is 19.5. The molecule has 0 saturated heterocycles.